The van der Waals surface area contributed by atoms with Crippen molar-refractivity contribution >= 4 is 39.9 Å². The fraction of sp³-hybridized carbons (Fsp3) is 0.0500. The number of benzene rings is 3. The summed E-state index contributed by atoms with van der Waals surface area (Å²) in [5.41, 5.74) is 2.81. The lowest BCUT2D eigenvalue weighted by atomic mass is 10.0. The molecule has 0 atom stereocenters. The number of fused-ring (bicyclic) bond motifs is 1. The molecule has 0 fully saturated rings. The number of anilines is 1. The molecule has 1 aromatic heterocycles. The van der Waals surface area contributed by atoms with Crippen molar-refractivity contribution in [2.75, 3.05) is 5.32 Å². The minimum atomic E-state index is -0.505. The Morgan fingerprint density at radius 2 is 1.73 bits per heavy atom. The minimum Gasteiger partial charge on any atom is -0.364 e. The van der Waals surface area contributed by atoms with E-state index in [0.29, 0.717) is 28.3 Å². The average molecular weight is 386 g/mol. The third kappa shape index (κ3) is 3.14. The summed E-state index contributed by atoms with van der Waals surface area (Å²) in [5.74, 6) is 0.0674. The van der Waals surface area contributed by atoms with Crippen LogP contribution in [0.2, 0.25) is 10.0 Å². The first-order chi connectivity index (χ1) is 12.6. The van der Waals surface area contributed by atoms with E-state index in [0.717, 1.165) is 11.1 Å². The molecule has 0 unspecified atom stereocenters. The molecule has 4 rings (SSSR count). The van der Waals surface area contributed by atoms with Gasteiger partial charge >= 0.3 is 0 Å². The summed E-state index contributed by atoms with van der Waals surface area (Å²) < 4.78 is 14.7. The second-order valence-corrected chi connectivity index (χ2v) is 6.71. The zero-order chi connectivity index (χ0) is 18.1. The minimum absolute atomic E-state index is 0.0802. The van der Waals surface area contributed by atoms with E-state index in [9.17, 15) is 4.39 Å². The highest BCUT2D eigenvalue weighted by Crippen LogP contribution is 2.36. The van der Waals surface area contributed by atoms with Crippen molar-refractivity contribution in [2.24, 2.45) is 0 Å². The number of H-pyrrole nitrogens is 1. The number of nitrogens with one attached hydrogen (secondary N) is 2. The maximum Gasteiger partial charge on any atom is 0.168 e. The first-order valence-electron chi connectivity index (χ1n) is 8.03. The molecule has 2 N–H and O–H groups in total. The van der Waals surface area contributed by atoms with E-state index < -0.39 is 5.82 Å². The van der Waals surface area contributed by atoms with Gasteiger partial charge in [-0.3, -0.25) is 5.10 Å². The van der Waals surface area contributed by atoms with Crippen LogP contribution >= 0.6 is 23.2 Å². The monoisotopic (exact) mass is 385 g/mol. The van der Waals surface area contributed by atoms with E-state index >= 15 is 0 Å². The molecule has 0 aliphatic rings. The van der Waals surface area contributed by atoms with Crippen LogP contribution in [-0.2, 0) is 6.54 Å². The van der Waals surface area contributed by atoms with Gasteiger partial charge in [-0.05, 0) is 29.3 Å². The van der Waals surface area contributed by atoms with Crippen LogP contribution in [0.4, 0.5) is 10.2 Å². The van der Waals surface area contributed by atoms with Crippen LogP contribution < -0.4 is 5.32 Å². The Morgan fingerprint density at radius 3 is 2.46 bits per heavy atom. The third-order valence-electron chi connectivity index (χ3n) is 4.20. The Labute approximate surface area is 159 Å². The van der Waals surface area contributed by atoms with Crippen LogP contribution in [0.3, 0.4) is 0 Å². The topological polar surface area (TPSA) is 40.7 Å². The van der Waals surface area contributed by atoms with Crippen LogP contribution in [0.25, 0.3) is 22.0 Å². The van der Waals surface area contributed by atoms with E-state index in [1.807, 2.05) is 60.7 Å². The normalized spacial score (nSPS) is 11.0. The van der Waals surface area contributed by atoms with E-state index in [-0.39, 0.29) is 10.5 Å². The molecule has 4 aromatic rings. The predicted octanol–water partition coefficient (Wildman–Crippen LogP) is 6.29. The lowest BCUT2D eigenvalue weighted by Gasteiger charge is -2.08. The molecular formula is C20H14Cl2FN3. The predicted molar refractivity (Wildman–Crippen MR) is 105 cm³/mol. The van der Waals surface area contributed by atoms with Gasteiger partial charge in [0.05, 0.1) is 5.02 Å². The van der Waals surface area contributed by atoms with Gasteiger partial charge < -0.3 is 5.32 Å². The van der Waals surface area contributed by atoms with Crippen molar-refractivity contribution in [1.82, 2.24) is 10.2 Å². The average Bonchev–Trinajstić information content (AvgIpc) is 3.08. The maximum atomic E-state index is 14.7. The van der Waals surface area contributed by atoms with Gasteiger partial charge in [-0.15, -0.1) is 0 Å². The number of halogens is 3. The first-order valence-corrected chi connectivity index (χ1v) is 8.79. The number of aromatic nitrogens is 2. The van der Waals surface area contributed by atoms with Gasteiger partial charge in [0.15, 0.2) is 11.6 Å². The summed E-state index contributed by atoms with van der Waals surface area (Å²) in [6.45, 7) is 0.544. The van der Waals surface area contributed by atoms with Crippen molar-refractivity contribution in [3.05, 3.63) is 82.1 Å². The van der Waals surface area contributed by atoms with E-state index in [4.69, 9.17) is 23.2 Å². The third-order valence-corrected chi connectivity index (χ3v) is 4.82. The van der Waals surface area contributed by atoms with E-state index in [2.05, 4.69) is 15.5 Å². The van der Waals surface area contributed by atoms with Gasteiger partial charge in [0.25, 0.3) is 0 Å². The molecule has 0 bridgehead atoms. The second-order valence-electron chi connectivity index (χ2n) is 5.89. The van der Waals surface area contributed by atoms with Gasteiger partial charge in [-0.25, -0.2) is 4.39 Å². The van der Waals surface area contributed by atoms with Crippen molar-refractivity contribution in [3.63, 3.8) is 0 Å². The van der Waals surface area contributed by atoms with Gasteiger partial charge in [-0.2, -0.15) is 5.10 Å². The van der Waals surface area contributed by atoms with Gasteiger partial charge in [0.2, 0.25) is 0 Å². The molecule has 3 aromatic carbocycles. The van der Waals surface area contributed by atoms with Crippen LogP contribution in [-0.4, -0.2) is 10.2 Å². The molecule has 3 nitrogen and oxygen atoms in total. The number of nitrogens with zero attached hydrogens (tertiary/aromatic N) is 1. The van der Waals surface area contributed by atoms with Gasteiger partial charge in [0, 0.05) is 22.5 Å². The van der Waals surface area contributed by atoms with Crippen LogP contribution in [0, 0.1) is 5.82 Å². The molecule has 0 saturated heterocycles. The largest absolute Gasteiger partial charge is 0.364 e. The number of rotatable bonds is 4. The number of aromatic amines is 1. The quantitative estimate of drug-likeness (QED) is 0.433. The van der Waals surface area contributed by atoms with Crippen LogP contribution in [0.1, 0.15) is 5.56 Å². The lowest BCUT2D eigenvalue weighted by Crippen LogP contribution is -2.00. The van der Waals surface area contributed by atoms with Crippen LogP contribution in [0.15, 0.2) is 60.7 Å². The standard InChI is InChI=1S/C20H14Cl2FN3/c21-14-8-6-12(7-9-14)11-24-20-16-10-15(13-4-2-1-3-5-13)17(22)18(23)19(16)25-26-20/h1-10H,11H2,(H2,24,25,26). The molecule has 130 valence electrons. The molecule has 0 amide bonds. The summed E-state index contributed by atoms with van der Waals surface area (Å²) in [5, 5.41) is 11.6. The SMILES string of the molecule is Fc1c(Cl)c(-c2ccccc2)cc2c(NCc3ccc(Cl)cc3)n[nH]c12. The van der Waals surface area contributed by atoms with E-state index in [1.165, 1.54) is 0 Å². The van der Waals surface area contributed by atoms with Crippen LogP contribution in [0.5, 0.6) is 0 Å². The van der Waals surface area contributed by atoms with Gasteiger partial charge in [-0.1, -0.05) is 65.7 Å². The Balaban J connectivity index is 1.72. The second kappa shape index (κ2) is 6.98. The number of hydrogen-bond donors (Lipinski definition) is 2. The summed E-state index contributed by atoms with van der Waals surface area (Å²) in [6, 6.07) is 18.8. The molecule has 0 aliphatic carbocycles. The van der Waals surface area contributed by atoms with Crippen molar-refractivity contribution in [2.45, 2.75) is 6.54 Å². The molecule has 0 aliphatic heterocycles. The zero-order valence-corrected chi connectivity index (χ0v) is 15.1. The lowest BCUT2D eigenvalue weighted by molar-refractivity contribution is 0.637. The van der Waals surface area contributed by atoms with Crippen molar-refractivity contribution in [1.29, 1.82) is 0 Å². The fourth-order valence-corrected chi connectivity index (χ4v) is 3.23. The number of hydrogen-bond acceptors (Lipinski definition) is 2. The van der Waals surface area contributed by atoms with Crippen molar-refractivity contribution < 1.29 is 4.39 Å². The maximum absolute atomic E-state index is 14.7. The Hall–Kier alpha value is -2.56. The molecule has 0 radical (unpaired) electrons. The summed E-state index contributed by atoms with van der Waals surface area (Å²) in [6.07, 6.45) is 0. The molecule has 26 heavy (non-hydrogen) atoms. The fourth-order valence-electron chi connectivity index (χ4n) is 2.84. The highest BCUT2D eigenvalue weighted by atomic mass is 35.5. The zero-order valence-electron chi connectivity index (χ0n) is 13.6. The molecular weight excluding hydrogens is 372 g/mol. The highest BCUT2D eigenvalue weighted by molar-refractivity contribution is 6.34. The van der Waals surface area contributed by atoms with E-state index in [1.54, 1.807) is 0 Å². The highest BCUT2D eigenvalue weighted by Gasteiger charge is 2.17. The molecule has 1 heterocycles. The molecule has 6 heteroatoms. The first kappa shape index (κ1) is 16.9. The Morgan fingerprint density at radius 1 is 1.00 bits per heavy atom. The van der Waals surface area contributed by atoms with Gasteiger partial charge in [0.1, 0.15) is 5.52 Å². The Kier molecular flexibility index (Phi) is 4.53. The van der Waals surface area contributed by atoms with Crippen molar-refractivity contribution in [3.8, 4) is 11.1 Å². The molecule has 0 spiro atoms. The smallest absolute Gasteiger partial charge is 0.168 e. The Bertz CT molecular complexity index is 1060. The summed E-state index contributed by atoms with van der Waals surface area (Å²) in [7, 11) is 0. The molecule has 0 saturated carbocycles. The summed E-state index contributed by atoms with van der Waals surface area (Å²) >= 11 is 12.2. The summed E-state index contributed by atoms with van der Waals surface area (Å²) in [4.78, 5) is 0.